The third kappa shape index (κ3) is 22.1. The van der Waals surface area contributed by atoms with Gasteiger partial charge in [0, 0.05) is 83.7 Å². The fourth-order valence-electron chi connectivity index (χ4n) is 8.81. The summed E-state index contributed by atoms with van der Waals surface area (Å²) in [5.74, 6) is -8.91. The van der Waals surface area contributed by atoms with E-state index in [-0.39, 0.29) is 129 Å². The smallest absolute Gasteiger partial charge is 0.326 e. The molecule has 5 amide bonds. The van der Waals surface area contributed by atoms with Crippen LogP contribution >= 0.6 is 0 Å². The molecular weight excluding hydrogens is 959 g/mol. The van der Waals surface area contributed by atoms with Crippen LogP contribution in [0, 0.1) is 5.92 Å². The van der Waals surface area contributed by atoms with E-state index in [4.69, 9.17) is 5.11 Å². The fourth-order valence-corrected chi connectivity index (χ4v) is 8.81. The molecule has 0 spiro atoms. The van der Waals surface area contributed by atoms with E-state index in [1.54, 1.807) is 14.7 Å². The Morgan fingerprint density at radius 2 is 1.03 bits per heavy atom. The van der Waals surface area contributed by atoms with E-state index in [0.29, 0.717) is 25.7 Å². The number of carboxylic acids is 6. The predicted molar refractivity (Wildman–Crippen MR) is 260 cm³/mol. The third-order valence-electron chi connectivity index (χ3n) is 12.8. The minimum atomic E-state index is -1.56. The van der Waals surface area contributed by atoms with Crippen LogP contribution in [-0.4, -0.2) is 219 Å². The van der Waals surface area contributed by atoms with Crippen molar-refractivity contribution in [3.05, 3.63) is 48.0 Å². The first-order valence-electron chi connectivity index (χ1n) is 24.4. The predicted octanol–water partition coefficient (Wildman–Crippen LogP) is -0.626. The Labute approximate surface area is 421 Å². The first-order chi connectivity index (χ1) is 34.7. The van der Waals surface area contributed by atoms with E-state index < -0.39 is 84.6 Å². The first-order valence-corrected chi connectivity index (χ1v) is 24.4. The highest BCUT2D eigenvalue weighted by Crippen LogP contribution is 2.25. The molecule has 25 heteroatoms. The summed E-state index contributed by atoms with van der Waals surface area (Å²) in [5.41, 5.74) is 0.788. The molecule has 73 heavy (non-hydrogen) atoms. The minimum Gasteiger partial charge on any atom is -0.481 e. The van der Waals surface area contributed by atoms with Crippen molar-refractivity contribution < 1.29 is 78.6 Å². The number of hydrogen-bond acceptors (Lipinski definition) is 14. The Bertz CT molecular complexity index is 2210. The van der Waals surface area contributed by atoms with Gasteiger partial charge >= 0.3 is 41.8 Å². The molecule has 1 saturated carbocycles. The van der Waals surface area contributed by atoms with Gasteiger partial charge in [0.05, 0.1) is 26.2 Å². The molecule has 0 unspecified atom stereocenters. The summed E-state index contributed by atoms with van der Waals surface area (Å²) in [6.45, 7) is 1.20. The zero-order valence-electron chi connectivity index (χ0n) is 40.7. The van der Waals surface area contributed by atoms with Gasteiger partial charge in [-0.05, 0) is 67.7 Å². The molecule has 1 aliphatic heterocycles. The van der Waals surface area contributed by atoms with Crippen LogP contribution in [0.25, 0.3) is 10.8 Å². The van der Waals surface area contributed by atoms with Crippen molar-refractivity contribution in [1.29, 1.82) is 0 Å². The minimum absolute atomic E-state index is 0.0559. The molecule has 2 aliphatic rings. The van der Waals surface area contributed by atoms with Crippen molar-refractivity contribution in [1.82, 2.24) is 46.2 Å². The second-order valence-electron chi connectivity index (χ2n) is 18.5. The molecule has 4 rings (SSSR count). The normalized spacial score (nSPS) is 18.8. The van der Waals surface area contributed by atoms with Gasteiger partial charge in [0.15, 0.2) is 0 Å². The Morgan fingerprint density at radius 1 is 0.534 bits per heavy atom. The maximum absolute atomic E-state index is 13.8. The largest absolute Gasteiger partial charge is 0.481 e. The maximum Gasteiger partial charge on any atom is 0.326 e. The van der Waals surface area contributed by atoms with Gasteiger partial charge in [-0.2, -0.15) is 0 Å². The van der Waals surface area contributed by atoms with E-state index in [0.717, 1.165) is 16.3 Å². The van der Waals surface area contributed by atoms with Crippen LogP contribution in [0.1, 0.15) is 63.4 Å². The number of urea groups is 1. The van der Waals surface area contributed by atoms with Crippen molar-refractivity contribution in [2.75, 3.05) is 85.1 Å². The van der Waals surface area contributed by atoms with Crippen LogP contribution < -0.4 is 26.6 Å². The van der Waals surface area contributed by atoms with Crippen LogP contribution in [0.15, 0.2) is 42.5 Å². The quantitative estimate of drug-likeness (QED) is 0.0523. The molecule has 25 nitrogen and oxygen atoms in total. The number of nitrogens with zero attached hydrogens (tertiary/aromatic N) is 4. The fraction of sp³-hybridized carbons (Fsp3) is 0.583. The molecule has 0 aromatic heterocycles. The molecule has 1 aliphatic carbocycles. The third-order valence-corrected chi connectivity index (χ3v) is 12.8. The molecule has 2 aromatic carbocycles. The van der Waals surface area contributed by atoms with Gasteiger partial charge < -0.3 is 57.2 Å². The summed E-state index contributed by atoms with van der Waals surface area (Å²) < 4.78 is 0. The van der Waals surface area contributed by atoms with Crippen LogP contribution in [0.5, 0.6) is 0 Å². The number of carbonyl (C=O) groups excluding carboxylic acids is 4. The van der Waals surface area contributed by atoms with Crippen molar-refractivity contribution >= 4 is 70.3 Å². The lowest BCUT2D eigenvalue weighted by Gasteiger charge is -2.33. The Balaban J connectivity index is 1.32. The summed E-state index contributed by atoms with van der Waals surface area (Å²) in [5, 5.41) is 71.4. The summed E-state index contributed by atoms with van der Waals surface area (Å²) in [7, 11) is 0. The lowest BCUT2D eigenvalue weighted by atomic mass is 9.85. The number of hydrogen-bond donors (Lipinski definition) is 11. The van der Waals surface area contributed by atoms with E-state index in [2.05, 4.69) is 26.6 Å². The average Bonchev–Trinajstić information content (AvgIpc) is 3.32. The van der Waals surface area contributed by atoms with Gasteiger partial charge in [-0.3, -0.25) is 53.2 Å². The second kappa shape index (κ2) is 30.2. The summed E-state index contributed by atoms with van der Waals surface area (Å²) in [6, 6.07) is 8.08. The van der Waals surface area contributed by atoms with Crippen molar-refractivity contribution in [3.63, 3.8) is 0 Å². The van der Waals surface area contributed by atoms with Crippen molar-refractivity contribution in [3.8, 4) is 0 Å². The molecule has 1 heterocycles. The Kier molecular flexibility index (Phi) is 24.2. The number of carboxylic acid groups (broad SMARTS) is 6. The standard InChI is InChI=1S/C48H69N9O16/c58-39(27-54-17-19-55(28-41(61)62)21-23-57(30-43(65)66)24-22-56(20-18-54)29-42(63)64)50-35-12-10-33(11-13-35)44(67)51-38(26-31-8-9-32-5-1-2-6-34(32)25-31)45(68)49-16-4-3-7-36(46(69)70)52-48(73)53-37(47(71)72)14-15-40(59)60/h1-2,5-6,8-9,25,33,35-38H,3-4,7,10-24,26-30H2,(H,49,68)(H,50,58)(H,51,67)(H,59,60)(H,61,62)(H,63,64)(H,65,66)(H,69,70)(H,71,72)(H2,52,53,73)/t33?,35?,36-,37-,38-/m0/s1. The van der Waals surface area contributed by atoms with Crippen LogP contribution in [0.4, 0.5) is 4.79 Å². The lowest BCUT2D eigenvalue weighted by Crippen LogP contribution is -2.51. The average molecular weight is 1030 g/mol. The molecule has 2 aromatic rings. The van der Waals surface area contributed by atoms with Gasteiger partial charge in [-0.15, -0.1) is 0 Å². The number of benzene rings is 2. The monoisotopic (exact) mass is 1030 g/mol. The van der Waals surface area contributed by atoms with Crippen molar-refractivity contribution in [2.45, 2.75) is 88.4 Å². The summed E-state index contributed by atoms with van der Waals surface area (Å²) >= 11 is 0. The van der Waals surface area contributed by atoms with Gasteiger partial charge in [-0.25, -0.2) is 14.4 Å². The Morgan fingerprint density at radius 3 is 1.52 bits per heavy atom. The highest BCUT2D eigenvalue weighted by molar-refractivity contribution is 5.90. The number of amides is 5. The van der Waals surface area contributed by atoms with E-state index in [9.17, 15) is 73.5 Å². The molecular formula is C48H69N9O16. The van der Waals surface area contributed by atoms with Crippen molar-refractivity contribution in [2.24, 2.45) is 5.92 Å². The topological polar surface area (TPSA) is 365 Å². The maximum atomic E-state index is 13.8. The Hall–Kier alpha value is -6.96. The number of carbonyl (C=O) groups is 10. The van der Waals surface area contributed by atoms with E-state index >= 15 is 0 Å². The number of unbranched alkanes of at least 4 members (excludes halogenated alkanes) is 1. The number of aliphatic carboxylic acids is 6. The van der Waals surface area contributed by atoms with E-state index in [1.807, 2.05) is 47.4 Å². The first kappa shape index (κ1) is 58.6. The number of nitrogens with one attached hydrogen (secondary N) is 5. The molecule has 11 N–H and O–H groups in total. The molecule has 0 bridgehead atoms. The second-order valence-corrected chi connectivity index (χ2v) is 18.5. The molecule has 2 fully saturated rings. The highest BCUT2D eigenvalue weighted by Gasteiger charge is 2.31. The van der Waals surface area contributed by atoms with Gasteiger partial charge in [-0.1, -0.05) is 42.5 Å². The zero-order chi connectivity index (χ0) is 53.5. The van der Waals surface area contributed by atoms with E-state index in [1.165, 1.54) is 0 Å². The highest BCUT2D eigenvalue weighted by atomic mass is 16.4. The van der Waals surface area contributed by atoms with Gasteiger partial charge in [0.1, 0.15) is 18.1 Å². The zero-order valence-corrected chi connectivity index (χ0v) is 40.7. The van der Waals surface area contributed by atoms with Gasteiger partial charge in [0.2, 0.25) is 17.7 Å². The SMILES string of the molecule is O=C(O)CC[C@H](NC(=O)N[C@@H](CCCCNC(=O)[C@H](Cc1ccc2ccccc2c1)NC(=O)C1CCC(NC(=O)CN2CCN(CC(=O)O)CCN(CC(=O)O)CCN(CC(=O)O)CC2)CC1)C(=O)O)C(=O)O. The number of fused-ring (bicyclic) bond motifs is 1. The number of rotatable bonds is 26. The van der Waals surface area contributed by atoms with Gasteiger partial charge in [0.25, 0.3) is 0 Å². The lowest BCUT2D eigenvalue weighted by molar-refractivity contribution is -0.141. The summed E-state index contributed by atoms with van der Waals surface area (Å²) in [4.78, 5) is 129. The summed E-state index contributed by atoms with van der Waals surface area (Å²) in [6.07, 6.45) is 1.37. The molecule has 402 valence electrons. The van der Waals surface area contributed by atoms with Crippen LogP contribution in [0.2, 0.25) is 0 Å². The molecule has 0 radical (unpaired) electrons. The van der Waals surface area contributed by atoms with Crippen LogP contribution in [-0.2, 0) is 49.6 Å². The molecule has 3 atom stereocenters. The van der Waals surface area contributed by atoms with Crippen LogP contribution in [0.3, 0.4) is 0 Å². The molecule has 1 saturated heterocycles.